The molecule has 2 atom stereocenters. The Bertz CT molecular complexity index is 1660. The number of hydrogen-bond donors (Lipinski definition) is 1. The predicted molar refractivity (Wildman–Crippen MR) is 176 cm³/mol. The standard InChI is InChI=1S/C36H38ClNO3S.Na/c1-35(2,41)31-10-5-4-8-26(31)14-18-33(42(3)24-36(19-20-36)23-34(39)40)28-9-6-7-25(21-28)11-16-30-17-13-27-12-15-29(37)22-32(27)38-30;/h4-13,15-17,21-22,33,41H,3,14,18-20,23-24H2,1-2H3,(H,39,40);/q;+1/p-1/b16-11+;/t33-,42?;/m1./s1. The molecule has 4 aromatic rings. The fraction of sp³-hybridized carbons (Fsp3) is 0.306. The van der Waals surface area contributed by atoms with E-state index in [2.05, 4.69) is 42.3 Å². The van der Waals surface area contributed by atoms with Gasteiger partial charge in [-0.25, -0.2) is 4.98 Å². The molecule has 3 aromatic carbocycles. The summed E-state index contributed by atoms with van der Waals surface area (Å²) in [4.78, 5) is 16.2. The number of carboxylic acids is 1. The van der Waals surface area contributed by atoms with Gasteiger partial charge < -0.3 is 15.0 Å². The first-order chi connectivity index (χ1) is 20.0. The molecule has 1 aliphatic carbocycles. The minimum atomic E-state index is -0.975. The molecule has 1 aliphatic rings. The number of pyridine rings is 1. The number of carbonyl (C=O) groups excluding carboxylic acids is 1. The van der Waals surface area contributed by atoms with Crippen LogP contribution in [0.3, 0.4) is 0 Å². The fourth-order valence-electron chi connectivity index (χ4n) is 5.74. The predicted octanol–water partition coefficient (Wildman–Crippen LogP) is 4.59. The van der Waals surface area contributed by atoms with Crippen LogP contribution >= 0.6 is 22.1 Å². The number of aliphatic hydroxyl groups is 1. The van der Waals surface area contributed by atoms with Crippen LogP contribution in [-0.2, 0) is 16.8 Å². The molecule has 0 aliphatic heterocycles. The van der Waals surface area contributed by atoms with Gasteiger partial charge in [0.25, 0.3) is 0 Å². The van der Waals surface area contributed by atoms with E-state index in [1.807, 2.05) is 68.5 Å². The van der Waals surface area contributed by atoms with Crippen molar-refractivity contribution in [1.29, 1.82) is 0 Å². The number of carboxylic acid groups (broad SMARTS) is 1. The molecule has 0 bridgehead atoms. The third-order valence-electron chi connectivity index (χ3n) is 8.13. The Hall–Kier alpha value is -2.25. The first-order valence-electron chi connectivity index (χ1n) is 14.4. The van der Waals surface area contributed by atoms with Gasteiger partial charge in [0.1, 0.15) is 0 Å². The molecule has 0 radical (unpaired) electrons. The van der Waals surface area contributed by atoms with E-state index in [-0.39, 0.29) is 57.1 Å². The first-order valence-corrected chi connectivity index (χ1v) is 16.4. The zero-order valence-electron chi connectivity index (χ0n) is 25.2. The maximum Gasteiger partial charge on any atom is 1.00 e. The summed E-state index contributed by atoms with van der Waals surface area (Å²) in [6.45, 7) is 3.64. The van der Waals surface area contributed by atoms with E-state index in [1.165, 1.54) is 5.56 Å². The zero-order chi connectivity index (χ0) is 29.9. The number of benzene rings is 3. The number of hydrogen-bond acceptors (Lipinski definition) is 4. The number of aryl methyl sites for hydroxylation is 1. The molecule has 1 heterocycles. The summed E-state index contributed by atoms with van der Waals surface area (Å²) >= 11 is 6.17. The third-order valence-corrected chi connectivity index (χ3v) is 10.7. The molecule has 1 fully saturated rings. The van der Waals surface area contributed by atoms with Gasteiger partial charge in [-0.3, -0.25) is 0 Å². The van der Waals surface area contributed by atoms with Crippen LogP contribution in [0.2, 0.25) is 5.02 Å². The molecule has 1 unspecified atom stereocenters. The minimum Gasteiger partial charge on any atom is -0.550 e. The summed E-state index contributed by atoms with van der Waals surface area (Å²) in [7, 11) is -0.302. The summed E-state index contributed by atoms with van der Waals surface area (Å²) in [6.07, 6.45) is 7.66. The number of aromatic nitrogens is 1. The average molecular weight is 622 g/mol. The summed E-state index contributed by atoms with van der Waals surface area (Å²) in [5.74, 6) is 4.42. The molecule has 4 nitrogen and oxygen atoms in total. The maximum absolute atomic E-state index is 11.5. The second-order valence-corrected chi connectivity index (χ2v) is 14.4. The number of carbonyl (C=O) groups is 1. The van der Waals surface area contributed by atoms with Gasteiger partial charge in [-0.05, 0) is 104 Å². The molecule has 0 saturated heterocycles. The van der Waals surface area contributed by atoms with Crippen molar-refractivity contribution in [2.24, 2.45) is 5.41 Å². The smallest absolute Gasteiger partial charge is 0.550 e. The van der Waals surface area contributed by atoms with E-state index < -0.39 is 11.6 Å². The molecule has 1 aromatic heterocycles. The molecule has 1 saturated carbocycles. The van der Waals surface area contributed by atoms with Gasteiger partial charge in [0.2, 0.25) is 0 Å². The quantitative estimate of drug-likeness (QED) is 0.186. The van der Waals surface area contributed by atoms with Crippen LogP contribution in [-0.4, -0.2) is 27.7 Å². The second kappa shape index (κ2) is 14.2. The van der Waals surface area contributed by atoms with Crippen molar-refractivity contribution in [3.63, 3.8) is 0 Å². The van der Waals surface area contributed by atoms with E-state index >= 15 is 0 Å². The average Bonchev–Trinajstić information content (AvgIpc) is 3.69. The monoisotopic (exact) mass is 621 g/mol. The molecule has 1 N–H and O–H groups in total. The Labute approximate surface area is 284 Å². The Morgan fingerprint density at radius 1 is 1.09 bits per heavy atom. The van der Waals surface area contributed by atoms with E-state index in [9.17, 15) is 15.0 Å². The Morgan fingerprint density at radius 3 is 2.56 bits per heavy atom. The molecular formula is C36H37ClNNaO3S. The second-order valence-electron chi connectivity index (χ2n) is 12.1. The van der Waals surface area contributed by atoms with Crippen LogP contribution in [0.1, 0.15) is 72.7 Å². The maximum atomic E-state index is 11.5. The number of fused-ring (bicyclic) bond motifs is 1. The SMILES string of the molecule is C=S(CC1(CC(=O)[O-])CC1)[C@H](CCc1ccccc1C(C)(C)O)c1cccc(/C=C/c2ccc3ccc(Cl)cc3n2)c1.[Na+]. The van der Waals surface area contributed by atoms with Gasteiger partial charge in [-0.15, -0.1) is 0 Å². The minimum absolute atomic E-state index is 0. The van der Waals surface area contributed by atoms with Crippen LogP contribution in [0.5, 0.6) is 0 Å². The number of rotatable bonds is 12. The third kappa shape index (κ3) is 8.91. The van der Waals surface area contributed by atoms with Gasteiger partial charge in [0.05, 0.1) is 16.8 Å². The number of halogens is 1. The van der Waals surface area contributed by atoms with E-state index in [0.717, 1.165) is 64.7 Å². The van der Waals surface area contributed by atoms with Crippen molar-refractivity contribution in [3.05, 3.63) is 112 Å². The Morgan fingerprint density at radius 2 is 1.84 bits per heavy atom. The molecule has 0 spiro atoms. The topological polar surface area (TPSA) is 73.2 Å². The van der Waals surface area contributed by atoms with Crippen LogP contribution in [0.4, 0.5) is 0 Å². The summed E-state index contributed by atoms with van der Waals surface area (Å²) in [6, 6.07) is 26.3. The first kappa shape index (κ1) is 33.6. The van der Waals surface area contributed by atoms with E-state index in [0.29, 0.717) is 5.02 Å². The van der Waals surface area contributed by atoms with Gasteiger partial charge in [-0.1, -0.05) is 84.2 Å². The van der Waals surface area contributed by atoms with Gasteiger partial charge in [0.15, 0.2) is 0 Å². The van der Waals surface area contributed by atoms with Gasteiger partial charge in [-0.2, -0.15) is 10.5 Å². The fourth-order valence-corrected chi connectivity index (χ4v) is 8.27. The molecular weight excluding hydrogens is 585 g/mol. The molecule has 0 amide bonds. The number of aliphatic carboxylic acids is 1. The van der Waals surface area contributed by atoms with Crippen molar-refractivity contribution in [2.45, 2.75) is 56.8 Å². The number of nitrogens with zero attached hydrogens (tertiary/aromatic N) is 1. The normalized spacial score (nSPS) is 15.6. The largest absolute Gasteiger partial charge is 1.00 e. The van der Waals surface area contributed by atoms with Gasteiger partial charge >= 0.3 is 29.6 Å². The van der Waals surface area contributed by atoms with Crippen molar-refractivity contribution < 1.29 is 44.6 Å². The molecule has 7 heteroatoms. The van der Waals surface area contributed by atoms with Crippen molar-refractivity contribution in [3.8, 4) is 0 Å². The summed E-state index contributed by atoms with van der Waals surface area (Å²) < 4.78 is 0. The van der Waals surface area contributed by atoms with Crippen molar-refractivity contribution in [2.75, 3.05) is 5.75 Å². The Balaban J connectivity index is 0.00000423. The molecule has 5 rings (SSSR count). The van der Waals surface area contributed by atoms with Crippen LogP contribution in [0.25, 0.3) is 23.1 Å². The molecule has 218 valence electrons. The van der Waals surface area contributed by atoms with E-state index in [4.69, 9.17) is 16.6 Å². The zero-order valence-corrected chi connectivity index (χ0v) is 28.8. The summed E-state index contributed by atoms with van der Waals surface area (Å²) in [5, 5.41) is 24.1. The van der Waals surface area contributed by atoms with Crippen LogP contribution < -0.4 is 34.7 Å². The van der Waals surface area contributed by atoms with Crippen molar-refractivity contribution in [1.82, 2.24) is 4.98 Å². The van der Waals surface area contributed by atoms with Crippen LogP contribution in [0, 0.1) is 5.41 Å². The molecule has 43 heavy (non-hydrogen) atoms. The Kier molecular flexibility index (Phi) is 11.1. The van der Waals surface area contributed by atoms with Gasteiger partial charge in [0, 0.05) is 21.6 Å². The summed E-state index contributed by atoms with van der Waals surface area (Å²) in [5.41, 5.74) is 4.91. The van der Waals surface area contributed by atoms with Crippen molar-refractivity contribution >= 4 is 57.0 Å². The van der Waals surface area contributed by atoms with Crippen LogP contribution in [0.15, 0.2) is 78.9 Å². The van der Waals surface area contributed by atoms with E-state index in [1.54, 1.807) is 0 Å².